The van der Waals surface area contributed by atoms with E-state index in [1.54, 1.807) is 12.1 Å². The van der Waals surface area contributed by atoms with E-state index in [0.29, 0.717) is 5.39 Å². The van der Waals surface area contributed by atoms with E-state index in [1.165, 1.54) is 6.07 Å². The molecule has 2 aromatic rings. The van der Waals surface area contributed by atoms with Crippen molar-refractivity contribution in [3.05, 3.63) is 35.5 Å². The van der Waals surface area contributed by atoms with Crippen molar-refractivity contribution < 1.29 is 9.90 Å². The van der Waals surface area contributed by atoms with Crippen LogP contribution in [0.2, 0.25) is 0 Å². The molecule has 76 valence electrons. The Hall–Kier alpha value is -2.10. The molecular formula is C11H10N2O2. The maximum atomic E-state index is 10.8. The van der Waals surface area contributed by atoms with Crippen LogP contribution >= 0.6 is 0 Å². The zero-order valence-electron chi connectivity index (χ0n) is 8.19. The first kappa shape index (κ1) is 9.45. The second-order valence-corrected chi connectivity index (χ2v) is 3.35. The third-order valence-corrected chi connectivity index (χ3v) is 2.28. The minimum absolute atomic E-state index is 0.119. The van der Waals surface area contributed by atoms with Crippen molar-refractivity contribution in [3.8, 4) is 0 Å². The van der Waals surface area contributed by atoms with E-state index in [-0.39, 0.29) is 11.3 Å². The standard InChI is InChI=1S/C11H10N2O2/c1-6-2-3-7-9(13-6)5-4-8(10(7)12)11(14)15/h2-5H,12H2,1H3,(H,14,15). The molecule has 0 saturated heterocycles. The number of carboxylic acids is 1. The Labute approximate surface area is 86.4 Å². The molecule has 1 aromatic carbocycles. The maximum absolute atomic E-state index is 10.8. The van der Waals surface area contributed by atoms with Crippen molar-refractivity contribution in [3.63, 3.8) is 0 Å². The van der Waals surface area contributed by atoms with Crippen LogP contribution in [0, 0.1) is 6.92 Å². The van der Waals surface area contributed by atoms with Gasteiger partial charge in [-0.1, -0.05) is 0 Å². The highest BCUT2D eigenvalue weighted by Crippen LogP contribution is 2.23. The number of fused-ring (bicyclic) bond motifs is 1. The van der Waals surface area contributed by atoms with E-state index in [0.717, 1.165) is 11.2 Å². The number of rotatable bonds is 1. The largest absolute Gasteiger partial charge is 0.478 e. The number of anilines is 1. The van der Waals surface area contributed by atoms with Gasteiger partial charge in [0.25, 0.3) is 0 Å². The normalized spacial score (nSPS) is 10.5. The molecule has 0 saturated carbocycles. The highest BCUT2D eigenvalue weighted by molar-refractivity contribution is 6.03. The van der Waals surface area contributed by atoms with Crippen LogP contribution in [0.1, 0.15) is 16.1 Å². The van der Waals surface area contributed by atoms with Gasteiger partial charge in [-0.15, -0.1) is 0 Å². The van der Waals surface area contributed by atoms with Gasteiger partial charge in [0.05, 0.1) is 16.8 Å². The van der Waals surface area contributed by atoms with Crippen LogP contribution in [-0.2, 0) is 0 Å². The number of pyridine rings is 1. The molecule has 0 amide bonds. The highest BCUT2D eigenvalue weighted by Gasteiger charge is 2.10. The third kappa shape index (κ3) is 1.50. The third-order valence-electron chi connectivity index (χ3n) is 2.28. The minimum Gasteiger partial charge on any atom is -0.478 e. The van der Waals surface area contributed by atoms with Crippen LogP contribution < -0.4 is 5.73 Å². The van der Waals surface area contributed by atoms with E-state index in [9.17, 15) is 4.79 Å². The van der Waals surface area contributed by atoms with E-state index in [1.807, 2.05) is 13.0 Å². The smallest absolute Gasteiger partial charge is 0.337 e. The van der Waals surface area contributed by atoms with Crippen LogP contribution in [0.25, 0.3) is 10.9 Å². The first-order chi connectivity index (χ1) is 7.09. The lowest BCUT2D eigenvalue weighted by Crippen LogP contribution is -2.03. The lowest BCUT2D eigenvalue weighted by Gasteiger charge is -2.05. The van der Waals surface area contributed by atoms with Gasteiger partial charge < -0.3 is 10.8 Å². The van der Waals surface area contributed by atoms with Crippen LogP contribution in [0.4, 0.5) is 5.69 Å². The SMILES string of the molecule is Cc1ccc2c(N)c(C(=O)O)ccc2n1. The predicted octanol–water partition coefficient (Wildman–Crippen LogP) is 1.82. The van der Waals surface area contributed by atoms with E-state index in [2.05, 4.69) is 4.98 Å². The van der Waals surface area contributed by atoms with E-state index >= 15 is 0 Å². The summed E-state index contributed by atoms with van der Waals surface area (Å²) in [7, 11) is 0. The number of aromatic carboxylic acids is 1. The molecule has 15 heavy (non-hydrogen) atoms. The lowest BCUT2D eigenvalue weighted by atomic mass is 10.1. The molecule has 4 nitrogen and oxygen atoms in total. The van der Waals surface area contributed by atoms with E-state index < -0.39 is 5.97 Å². The number of nitrogen functional groups attached to an aromatic ring is 1. The van der Waals surface area contributed by atoms with Crippen molar-refractivity contribution in [1.82, 2.24) is 4.98 Å². The summed E-state index contributed by atoms with van der Waals surface area (Å²) < 4.78 is 0. The summed E-state index contributed by atoms with van der Waals surface area (Å²) in [6.07, 6.45) is 0. The highest BCUT2D eigenvalue weighted by atomic mass is 16.4. The number of nitrogens with two attached hydrogens (primary N) is 1. The van der Waals surface area contributed by atoms with E-state index in [4.69, 9.17) is 10.8 Å². The zero-order valence-corrected chi connectivity index (χ0v) is 8.19. The summed E-state index contributed by atoms with van der Waals surface area (Å²) in [6, 6.07) is 6.75. The van der Waals surface area contributed by atoms with Gasteiger partial charge in [0, 0.05) is 11.1 Å². The molecule has 1 aromatic heterocycles. The van der Waals surface area contributed by atoms with Crippen LogP contribution in [-0.4, -0.2) is 16.1 Å². The van der Waals surface area contributed by atoms with Crippen LogP contribution in [0.5, 0.6) is 0 Å². The number of nitrogens with zero attached hydrogens (tertiary/aromatic N) is 1. The Kier molecular flexibility index (Phi) is 2.04. The second kappa shape index (κ2) is 3.24. The molecule has 1 heterocycles. The number of carboxylic acid groups (broad SMARTS) is 1. The Balaban J connectivity index is 2.80. The number of carbonyl (C=O) groups is 1. The summed E-state index contributed by atoms with van der Waals surface area (Å²) in [5.74, 6) is -1.02. The monoisotopic (exact) mass is 202 g/mol. The average Bonchev–Trinajstić information content (AvgIpc) is 2.17. The molecule has 2 rings (SSSR count). The Morgan fingerprint density at radius 3 is 2.73 bits per heavy atom. The topological polar surface area (TPSA) is 76.2 Å². The summed E-state index contributed by atoms with van der Waals surface area (Å²) in [6.45, 7) is 1.88. The van der Waals surface area contributed by atoms with Crippen molar-refractivity contribution in [2.45, 2.75) is 6.92 Å². The quantitative estimate of drug-likeness (QED) is 0.691. The second-order valence-electron chi connectivity index (χ2n) is 3.35. The van der Waals surface area contributed by atoms with Crippen molar-refractivity contribution in [2.24, 2.45) is 0 Å². The first-order valence-electron chi connectivity index (χ1n) is 4.48. The van der Waals surface area contributed by atoms with Gasteiger partial charge >= 0.3 is 5.97 Å². The fourth-order valence-electron chi connectivity index (χ4n) is 1.52. The van der Waals surface area contributed by atoms with Gasteiger partial charge in [0.2, 0.25) is 0 Å². The van der Waals surface area contributed by atoms with Gasteiger partial charge in [0.15, 0.2) is 0 Å². The number of aromatic nitrogens is 1. The zero-order chi connectivity index (χ0) is 11.0. The number of hydrogen-bond acceptors (Lipinski definition) is 3. The molecule has 0 aliphatic heterocycles. The molecule has 0 bridgehead atoms. The number of aryl methyl sites for hydroxylation is 1. The van der Waals surface area contributed by atoms with Crippen LogP contribution in [0.3, 0.4) is 0 Å². The maximum Gasteiger partial charge on any atom is 0.337 e. The van der Waals surface area contributed by atoms with Crippen molar-refractivity contribution >= 4 is 22.6 Å². The van der Waals surface area contributed by atoms with Crippen molar-refractivity contribution in [2.75, 3.05) is 5.73 Å². The average molecular weight is 202 g/mol. The summed E-state index contributed by atoms with van der Waals surface area (Å²) in [4.78, 5) is 15.1. The molecule has 0 fully saturated rings. The molecule has 4 heteroatoms. The fourth-order valence-corrected chi connectivity index (χ4v) is 1.52. The van der Waals surface area contributed by atoms with Gasteiger partial charge in [-0.25, -0.2) is 4.79 Å². The number of benzene rings is 1. The van der Waals surface area contributed by atoms with Crippen molar-refractivity contribution in [1.29, 1.82) is 0 Å². The van der Waals surface area contributed by atoms with Gasteiger partial charge in [-0.05, 0) is 31.2 Å². The Morgan fingerprint density at radius 1 is 1.33 bits per heavy atom. The molecule has 0 unspecified atom stereocenters. The summed E-state index contributed by atoms with van der Waals surface area (Å²) in [5.41, 5.74) is 7.74. The lowest BCUT2D eigenvalue weighted by molar-refractivity contribution is 0.0698. The Morgan fingerprint density at radius 2 is 2.07 bits per heavy atom. The molecular weight excluding hydrogens is 192 g/mol. The molecule has 0 radical (unpaired) electrons. The first-order valence-corrected chi connectivity index (χ1v) is 4.48. The summed E-state index contributed by atoms with van der Waals surface area (Å²) in [5, 5.41) is 9.56. The molecule has 3 N–H and O–H groups in total. The number of hydrogen-bond donors (Lipinski definition) is 2. The van der Waals surface area contributed by atoms with Gasteiger partial charge in [-0.3, -0.25) is 4.98 Å². The van der Waals surface area contributed by atoms with Gasteiger partial charge in [-0.2, -0.15) is 0 Å². The molecule has 0 aliphatic rings. The van der Waals surface area contributed by atoms with Gasteiger partial charge in [0.1, 0.15) is 0 Å². The Bertz CT molecular complexity index is 550. The molecule has 0 atom stereocenters. The fraction of sp³-hybridized carbons (Fsp3) is 0.0909. The minimum atomic E-state index is -1.02. The molecule has 0 aliphatic carbocycles. The molecule has 0 spiro atoms. The van der Waals surface area contributed by atoms with Crippen LogP contribution in [0.15, 0.2) is 24.3 Å². The predicted molar refractivity (Wildman–Crippen MR) is 57.9 cm³/mol. The summed E-state index contributed by atoms with van der Waals surface area (Å²) >= 11 is 0.